The van der Waals surface area contributed by atoms with Crippen molar-refractivity contribution in [1.82, 2.24) is 5.32 Å². The predicted molar refractivity (Wildman–Crippen MR) is 85.0 cm³/mol. The molecule has 0 spiro atoms. The van der Waals surface area contributed by atoms with Crippen molar-refractivity contribution in [1.29, 1.82) is 0 Å². The average molecular weight is 300 g/mol. The normalized spacial score (nSPS) is 11.1. The lowest BCUT2D eigenvalue weighted by molar-refractivity contribution is 0.0770. The summed E-state index contributed by atoms with van der Waals surface area (Å²) in [6, 6.07) is 3.96. The molecule has 20 heavy (non-hydrogen) atoms. The fourth-order valence-corrected chi connectivity index (χ4v) is 1.98. The monoisotopic (exact) mass is 299 g/mol. The van der Waals surface area contributed by atoms with Crippen LogP contribution in [0, 0.1) is 13.8 Å². The molecule has 0 fully saturated rings. The molecule has 0 bridgehead atoms. The molecule has 0 radical (unpaired) electrons. The molecule has 1 N–H and O–H groups in total. The van der Waals surface area contributed by atoms with Crippen LogP contribution in [-0.2, 0) is 4.74 Å². The van der Waals surface area contributed by atoms with Gasteiger partial charge in [0.25, 0.3) is 0 Å². The first-order valence-corrected chi connectivity index (χ1v) is 7.60. The summed E-state index contributed by atoms with van der Waals surface area (Å²) in [5.41, 5.74) is 2.11. The van der Waals surface area contributed by atoms with E-state index in [1.807, 2.05) is 26.0 Å². The molecule has 0 unspecified atom stereocenters. The minimum atomic E-state index is 0.315. The van der Waals surface area contributed by atoms with Gasteiger partial charge in [0.2, 0.25) is 0 Å². The molecule has 0 aromatic heterocycles. The molecule has 0 aliphatic heterocycles. The van der Waals surface area contributed by atoms with Crippen molar-refractivity contribution < 1.29 is 9.47 Å². The molecule has 1 rings (SSSR count). The van der Waals surface area contributed by atoms with E-state index >= 15 is 0 Å². The van der Waals surface area contributed by atoms with Crippen LogP contribution >= 0.6 is 11.6 Å². The lowest BCUT2D eigenvalue weighted by Crippen LogP contribution is -2.23. The van der Waals surface area contributed by atoms with Crippen LogP contribution in [0.25, 0.3) is 0 Å². The number of ether oxygens (including phenoxy) is 2. The predicted octanol–water partition coefficient (Wildman–Crippen LogP) is 3.74. The zero-order valence-corrected chi connectivity index (χ0v) is 13.7. The van der Waals surface area contributed by atoms with E-state index in [9.17, 15) is 0 Å². The second-order valence-electron chi connectivity index (χ2n) is 5.24. The molecule has 114 valence electrons. The SMILES string of the molecule is Cc1cc(OCCNCCCOC(C)C)cc(C)c1Cl. The Balaban J connectivity index is 2.13. The molecule has 1 aromatic rings. The third-order valence-corrected chi connectivity index (χ3v) is 3.50. The standard InChI is InChI=1S/C16H26ClNO2/c1-12(2)19-8-5-6-18-7-9-20-15-10-13(3)16(17)14(4)11-15/h10-12,18H,5-9H2,1-4H3. The summed E-state index contributed by atoms with van der Waals surface area (Å²) in [5.74, 6) is 0.884. The Labute approximate surface area is 127 Å². The number of nitrogens with one attached hydrogen (secondary N) is 1. The highest BCUT2D eigenvalue weighted by Gasteiger charge is 2.03. The van der Waals surface area contributed by atoms with Gasteiger partial charge in [-0.15, -0.1) is 0 Å². The fraction of sp³-hybridized carbons (Fsp3) is 0.625. The molecule has 0 atom stereocenters. The molecule has 0 aliphatic rings. The summed E-state index contributed by atoms with van der Waals surface area (Å²) in [7, 11) is 0. The van der Waals surface area contributed by atoms with E-state index in [-0.39, 0.29) is 0 Å². The fourth-order valence-electron chi connectivity index (χ4n) is 1.87. The van der Waals surface area contributed by atoms with Crippen LogP contribution in [-0.4, -0.2) is 32.4 Å². The van der Waals surface area contributed by atoms with Crippen LogP contribution in [0.5, 0.6) is 5.75 Å². The number of hydrogen-bond donors (Lipinski definition) is 1. The van der Waals surface area contributed by atoms with Crippen molar-refractivity contribution in [2.45, 2.75) is 40.2 Å². The summed E-state index contributed by atoms with van der Waals surface area (Å²) in [4.78, 5) is 0. The van der Waals surface area contributed by atoms with E-state index in [0.717, 1.165) is 48.0 Å². The van der Waals surface area contributed by atoms with Gasteiger partial charge in [0.15, 0.2) is 0 Å². The molecule has 0 saturated heterocycles. The largest absolute Gasteiger partial charge is 0.492 e. The highest BCUT2D eigenvalue weighted by Crippen LogP contribution is 2.25. The second kappa shape index (κ2) is 9.22. The quantitative estimate of drug-likeness (QED) is 0.705. The Morgan fingerprint density at radius 1 is 1.10 bits per heavy atom. The Hall–Kier alpha value is -0.770. The van der Waals surface area contributed by atoms with E-state index in [1.165, 1.54) is 0 Å². The minimum Gasteiger partial charge on any atom is -0.492 e. The third-order valence-electron chi connectivity index (χ3n) is 2.91. The van der Waals surface area contributed by atoms with Crippen LogP contribution in [0.2, 0.25) is 5.02 Å². The van der Waals surface area contributed by atoms with Crippen molar-refractivity contribution in [2.75, 3.05) is 26.3 Å². The van der Waals surface area contributed by atoms with Crippen LogP contribution < -0.4 is 10.1 Å². The summed E-state index contributed by atoms with van der Waals surface area (Å²) in [6.45, 7) is 11.4. The zero-order chi connectivity index (χ0) is 15.0. The van der Waals surface area contributed by atoms with E-state index in [4.69, 9.17) is 21.1 Å². The highest BCUT2D eigenvalue weighted by molar-refractivity contribution is 6.32. The Morgan fingerprint density at radius 3 is 2.35 bits per heavy atom. The van der Waals surface area contributed by atoms with E-state index in [2.05, 4.69) is 19.2 Å². The first-order valence-electron chi connectivity index (χ1n) is 7.22. The molecule has 3 nitrogen and oxygen atoms in total. The second-order valence-corrected chi connectivity index (χ2v) is 5.62. The van der Waals surface area contributed by atoms with Gasteiger partial charge in [-0.1, -0.05) is 11.6 Å². The first kappa shape index (κ1) is 17.3. The van der Waals surface area contributed by atoms with Gasteiger partial charge in [-0.25, -0.2) is 0 Å². The third kappa shape index (κ3) is 6.60. The van der Waals surface area contributed by atoms with E-state index < -0.39 is 0 Å². The van der Waals surface area contributed by atoms with Crippen LogP contribution in [0.4, 0.5) is 0 Å². The van der Waals surface area contributed by atoms with Crippen LogP contribution in [0.3, 0.4) is 0 Å². The molecule has 0 saturated carbocycles. The van der Waals surface area contributed by atoms with Crippen LogP contribution in [0.15, 0.2) is 12.1 Å². The van der Waals surface area contributed by atoms with Gasteiger partial charge in [0.1, 0.15) is 12.4 Å². The maximum atomic E-state index is 6.12. The average Bonchev–Trinajstić information content (AvgIpc) is 2.38. The number of aryl methyl sites for hydroxylation is 2. The van der Waals surface area contributed by atoms with Gasteiger partial charge in [-0.05, 0) is 63.9 Å². The molecule has 4 heteroatoms. The summed E-state index contributed by atoms with van der Waals surface area (Å²) >= 11 is 6.12. The zero-order valence-electron chi connectivity index (χ0n) is 13.0. The summed E-state index contributed by atoms with van der Waals surface area (Å²) in [6.07, 6.45) is 1.34. The van der Waals surface area contributed by atoms with Crippen molar-refractivity contribution in [3.8, 4) is 5.75 Å². The lowest BCUT2D eigenvalue weighted by atomic mass is 10.1. The van der Waals surface area contributed by atoms with Gasteiger partial charge < -0.3 is 14.8 Å². The Bertz CT molecular complexity index is 384. The van der Waals surface area contributed by atoms with Crippen molar-refractivity contribution >= 4 is 11.6 Å². The number of rotatable bonds is 9. The van der Waals surface area contributed by atoms with E-state index in [1.54, 1.807) is 0 Å². The summed E-state index contributed by atoms with van der Waals surface area (Å²) < 4.78 is 11.2. The van der Waals surface area contributed by atoms with Gasteiger partial charge in [-0.2, -0.15) is 0 Å². The molecule has 0 aliphatic carbocycles. The van der Waals surface area contributed by atoms with Crippen molar-refractivity contribution in [3.05, 3.63) is 28.3 Å². The Kier molecular flexibility index (Phi) is 7.97. The van der Waals surface area contributed by atoms with Gasteiger partial charge in [0, 0.05) is 18.2 Å². The maximum Gasteiger partial charge on any atom is 0.119 e. The highest BCUT2D eigenvalue weighted by atomic mass is 35.5. The van der Waals surface area contributed by atoms with E-state index in [0.29, 0.717) is 12.7 Å². The Morgan fingerprint density at radius 2 is 1.75 bits per heavy atom. The van der Waals surface area contributed by atoms with Crippen molar-refractivity contribution in [3.63, 3.8) is 0 Å². The molecular weight excluding hydrogens is 274 g/mol. The summed E-state index contributed by atoms with van der Waals surface area (Å²) in [5, 5.41) is 4.16. The molecule has 1 aromatic carbocycles. The smallest absolute Gasteiger partial charge is 0.119 e. The number of hydrogen-bond acceptors (Lipinski definition) is 3. The maximum absolute atomic E-state index is 6.12. The lowest BCUT2D eigenvalue weighted by Gasteiger charge is -2.11. The topological polar surface area (TPSA) is 30.5 Å². The van der Waals surface area contributed by atoms with Gasteiger partial charge in [0.05, 0.1) is 6.10 Å². The molecule has 0 heterocycles. The van der Waals surface area contributed by atoms with Crippen LogP contribution in [0.1, 0.15) is 31.4 Å². The molecular formula is C16H26ClNO2. The first-order chi connectivity index (χ1) is 9.50. The van der Waals surface area contributed by atoms with Crippen molar-refractivity contribution in [2.24, 2.45) is 0 Å². The van der Waals surface area contributed by atoms with Gasteiger partial charge >= 0.3 is 0 Å². The minimum absolute atomic E-state index is 0.315. The number of benzene rings is 1. The van der Waals surface area contributed by atoms with Gasteiger partial charge in [-0.3, -0.25) is 0 Å². The number of halogens is 1. The molecule has 0 amide bonds.